The van der Waals surface area contributed by atoms with E-state index in [1.165, 1.54) is 7.11 Å². The summed E-state index contributed by atoms with van der Waals surface area (Å²) in [4.78, 5) is 13.9. The summed E-state index contributed by atoms with van der Waals surface area (Å²) >= 11 is 0. The molecule has 1 fully saturated rings. The Morgan fingerprint density at radius 3 is 2.81 bits per heavy atom. The van der Waals surface area contributed by atoms with Crippen LogP contribution in [0.5, 0.6) is 11.5 Å². The van der Waals surface area contributed by atoms with Crippen molar-refractivity contribution in [2.45, 2.75) is 12.4 Å². The third-order valence-corrected chi connectivity index (χ3v) is 3.64. The molecule has 1 amide bonds. The van der Waals surface area contributed by atoms with Gasteiger partial charge in [0.15, 0.2) is 0 Å². The summed E-state index contributed by atoms with van der Waals surface area (Å²) in [6.45, 7) is 1.56. The van der Waals surface area contributed by atoms with Gasteiger partial charge in [-0.25, -0.2) is 0 Å². The number of carbonyl (C=O) groups excluding carboxylic acids is 1. The van der Waals surface area contributed by atoms with Gasteiger partial charge in [0, 0.05) is 25.7 Å². The van der Waals surface area contributed by atoms with E-state index in [2.05, 4.69) is 10.1 Å². The van der Waals surface area contributed by atoms with Gasteiger partial charge in [-0.05, 0) is 11.6 Å². The van der Waals surface area contributed by atoms with Gasteiger partial charge in [-0.2, -0.15) is 0 Å². The molecule has 114 valence electrons. The standard InChI is InChI=1S/C13H13F3N2O3/c1-20-7-4-8-9-6-17-2-3-18(9)12(19)11(8)10(5-7)21-13(14,15)16/h4-5,9,17H,2-3,6H2,1H3. The van der Waals surface area contributed by atoms with Gasteiger partial charge < -0.3 is 19.7 Å². The Kier molecular flexibility index (Phi) is 3.20. The molecular formula is C13H13F3N2O3. The molecule has 2 aliphatic heterocycles. The number of ether oxygens (including phenoxy) is 2. The van der Waals surface area contributed by atoms with Crippen LogP contribution in [0.4, 0.5) is 13.2 Å². The number of rotatable bonds is 2. The van der Waals surface area contributed by atoms with E-state index < -0.39 is 18.0 Å². The summed E-state index contributed by atoms with van der Waals surface area (Å²) in [5, 5.41) is 3.13. The van der Waals surface area contributed by atoms with Crippen LogP contribution in [0.2, 0.25) is 0 Å². The summed E-state index contributed by atoms with van der Waals surface area (Å²) in [5.41, 5.74) is 0.479. The molecule has 0 spiro atoms. The number of halogens is 3. The Hall–Kier alpha value is -1.96. The summed E-state index contributed by atoms with van der Waals surface area (Å²) in [6, 6.07) is 2.40. The molecule has 2 heterocycles. The van der Waals surface area contributed by atoms with E-state index in [9.17, 15) is 18.0 Å². The van der Waals surface area contributed by atoms with Crippen LogP contribution >= 0.6 is 0 Å². The highest BCUT2D eigenvalue weighted by molar-refractivity contribution is 6.02. The number of hydrogen-bond donors (Lipinski definition) is 1. The van der Waals surface area contributed by atoms with Gasteiger partial charge in [-0.15, -0.1) is 13.2 Å². The minimum atomic E-state index is -4.86. The van der Waals surface area contributed by atoms with Crippen LogP contribution in [0.25, 0.3) is 0 Å². The molecule has 1 saturated heterocycles. The predicted octanol–water partition coefficient (Wildman–Crippen LogP) is 1.69. The second kappa shape index (κ2) is 4.80. The normalized spacial score (nSPS) is 21.0. The molecule has 2 aliphatic rings. The number of hydrogen-bond acceptors (Lipinski definition) is 4. The number of methoxy groups -OCH3 is 1. The highest BCUT2D eigenvalue weighted by atomic mass is 19.4. The Bertz CT molecular complexity index is 589. The van der Waals surface area contributed by atoms with Crippen LogP contribution < -0.4 is 14.8 Å². The van der Waals surface area contributed by atoms with E-state index in [-0.39, 0.29) is 17.4 Å². The molecule has 3 rings (SSSR count). The van der Waals surface area contributed by atoms with Crippen molar-refractivity contribution in [3.63, 3.8) is 0 Å². The maximum absolute atomic E-state index is 12.5. The topological polar surface area (TPSA) is 50.8 Å². The van der Waals surface area contributed by atoms with Crippen molar-refractivity contribution in [1.82, 2.24) is 10.2 Å². The predicted molar refractivity (Wildman–Crippen MR) is 66.3 cm³/mol. The van der Waals surface area contributed by atoms with Crippen LogP contribution in [0.3, 0.4) is 0 Å². The van der Waals surface area contributed by atoms with Crippen molar-refractivity contribution in [3.05, 3.63) is 23.3 Å². The van der Waals surface area contributed by atoms with E-state index >= 15 is 0 Å². The molecule has 1 unspecified atom stereocenters. The Labute approximate surface area is 118 Å². The molecule has 0 radical (unpaired) electrons. The molecule has 8 heteroatoms. The summed E-state index contributed by atoms with van der Waals surface area (Å²) in [7, 11) is 1.35. The maximum Gasteiger partial charge on any atom is 0.573 e. The van der Waals surface area contributed by atoms with Crippen molar-refractivity contribution in [2.24, 2.45) is 0 Å². The molecule has 1 N–H and O–H groups in total. The molecular weight excluding hydrogens is 289 g/mol. The first-order valence-electron chi connectivity index (χ1n) is 6.40. The quantitative estimate of drug-likeness (QED) is 0.903. The maximum atomic E-state index is 12.5. The number of piperazine rings is 1. The number of fused-ring (bicyclic) bond motifs is 3. The summed E-state index contributed by atoms with van der Waals surface area (Å²) in [6.07, 6.45) is -4.86. The largest absolute Gasteiger partial charge is 0.573 e. The number of carbonyl (C=O) groups is 1. The van der Waals surface area contributed by atoms with Gasteiger partial charge in [0.05, 0.1) is 18.7 Å². The number of nitrogens with one attached hydrogen (secondary N) is 1. The zero-order chi connectivity index (χ0) is 15.2. The second-order valence-electron chi connectivity index (χ2n) is 4.86. The van der Waals surface area contributed by atoms with E-state index in [0.29, 0.717) is 25.2 Å². The molecule has 0 bridgehead atoms. The van der Waals surface area contributed by atoms with Crippen molar-refractivity contribution >= 4 is 5.91 Å². The highest BCUT2D eigenvalue weighted by Gasteiger charge is 2.43. The fraction of sp³-hybridized carbons (Fsp3) is 0.462. The van der Waals surface area contributed by atoms with Gasteiger partial charge in [-0.3, -0.25) is 4.79 Å². The number of nitrogens with zero attached hydrogens (tertiary/aromatic N) is 1. The first kappa shape index (κ1) is 14.0. The first-order chi connectivity index (χ1) is 9.90. The third kappa shape index (κ3) is 2.39. The van der Waals surface area contributed by atoms with Crippen molar-refractivity contribution < 1.29 is 27.4 Å². The monoisotopic (exact) mass is 302 g/mol. The Morgan fingerprint density at radius 1 is 1.38 bits per heavy atom. The molecule has 1 atom stereocenters. The molecule has 0 aliphatic carbocycles. The van der Waals surface area contributed by atoms with Gasteiger partial charge in [-0.1, -0.05) is 0 Å². The average molecular weight is 302 g/mol. The molecule has 0 aromatic heterocycles. The van der Waals surface area contributed by atoms with E-state index in [4.69, 9.17) is 4.74 Å². The van der Waals surface area contributed by atoms with Crippen molar-refractivity contribution in [3.8, 4) is 11.5 Å². The minimum absolute atomic E-state index is 0.0261. The van der Waals surface area contributed by atoms with Crippen LogP contribution in [-0.4, -0.2) is 43.9 Å². The van der Waals surface area contributed by atoms with Gasteiger partial charge >= 0.3 is 6.36 Å². The summed E-state index contributed by atoms with van der Waals surface area (Å²) in [5.74, 6) is -0.706. The van der Waals surface area contributed by atoms with Gasteiger partial charge in [0.2, 0.25) is 0 Å². The minimum Gasteiger partial charge on any atom is -0.497 e. The zero-order valence-corrected chi connectivity index (χ0v) is 11.2. The van der Waals surface area contributed by atoms with Crippen molar-refractivity contribution in [1.29, 1.82) is 0 Å². The fourth-order valence-electron chi connectivity index (χ4n) is 2.79. The Balaban J connectivity index is 2.11. The SMILES string of the molecule is COc1cc(OC(F)(F)F)c2c(c1)C1CNCCN1C2=O. The lowest BCUT2D eigenvalue weighted by Gasteiger charge is -2.30. The van der Waals surface area contributed by atoms with Crippen LogP contribution in [0.15, 0.2) is 12.1 Å². The molecule has 5 nitrogen and oxygen atoms in total. The second-order valence-corrected chi connectivity index (χ2v) is 4.86. The molecule has 1 aromatic rings. The van der Waals surface area contributed by atoms with Gasteiger partial charge in [0.25, 0.3) is 5.91 Å². The average Bonchev–Trinajstić information content (AvgIpc) is 2.71. The lowest BCUT2D eigenvalue weighted by Crippen LogP contribution is -2.44. The fourth-order valence-corrected chi connectivity index (χ4v) is 2.79. The van der Waals surface area contributed by atoms with E-state index in [0.717, 1.165) is 6.07 Å². The highest BCUT2D eigenvalue weighted by Crippen LogP contribution is 2.43. The number of benzene rings is 1. The summed E-state index contributed by atoms with van der Waals surface area (Å²) < 4.78 is 46.7. The molecule has 0 saturated carbocycles. The van der Waals surface area contributed by atoms with Crippen LogP contribution in [0.1, 0.15) is 22.0 Å². The lowest BCUT2D eigenvalue weighted by atomic mass is 10.0. The third-order valence-electron chi connectivity index (χ3n) is 3.64. The van der Waals surface area contributed by atoms with Crippen LogP contribution in [-0.2, 0) is 0 Å². The van der Waals surface area contributed by atoms with E-state index in [1.807, 2.05) is 0 Å². The lowest BCUT2D eigenvalue weighted by molar-refractivity contribution is -0.274. The smallest absolute Gasteiger partial charge is 0.497 e. The van der Waals surface area contributed by atoms with Crippen LogP contribution in [0, 0.1) is 0 Å². The van der Waals surface area contributed by atoms with E-state index in [1.54, 1.807) is 11.0 Å². The number of amides is 1. The Morgan fingerprint density at radius 2 is 2.14 bits per heavy atom. The molecule has 21 heavy (non-hydrogen) atoms. The van der Waals surface area contributed by atoms with Crippen molar-refractivity contribution in [2.75, 3.05) is 26.7 Å². The van der Waals surface area contributed by atoms with Gasteiger partial charge in [0.1, 0.15) is 11.5 Å². The molecule has 1 aromatic carbocycles. The zero-order valence-electron chi connectivity index (χ0n) is 11.2. The number of alkyl halides is 3. The first-order valence-corrected chi connectivity index (χ1v) is 6.40.